The molecule has 156 valence electrons. The van der Waals surface area contributed by atoms with Crippen molar-refractivity contribution in [3.63, 3.8) is 0 Å². The summed E-state index contributed by atoms with van der Waals surface area (Å²) in [5.41, 5.74) is 5.64. The lowest BCUT2D eigenvalue weighted by Crippen LogP contribution is -2.30. The number of Topliss-reactive ketones (excluding diaryl/α,β-unsaturated/α-hetero) is 1. The predicted octanol–water partition coefficient (Wildman–Crippen LogP) is 4.94. The van der Waals surface area contributed by atoms with E-state index in [-0.39, 0.29) is 11.3 Å². The van der Waals surface area contributed by atoms with Crippen LogP contribution in [-0.4, -0.2) is 21.8 Å². The van der Waals surface area contributed by atoms with E-state index >= 15 is 0 Å². The molecule has 0 aliphatic carbocycles. The highest BCUT2D eigenvalue weighted by Crippen LogP contribution is 2.43. The number of amides is 1. The van der Waals surface area contributed by atoms with Gasteiger partial charge in [-0.25, -0.2) is 0 Å². The van der Waals surface area contributed by atoms with Gasteiger partial charge in [0.25, 0.3) is 11.7 Å². The van der Waals surface area contributed by atoms with E-state index in [1.165, 1.54) is 4.90 Å². The van der Waals surface area contributed by atoms with Gasteiger partial charge in [-0.15, -0.1) is 0 Å². The number of carbonyl (C=O) groups is 2. The highest BCUT2D eigenvalue weighted by Gasteiger charge is 2.47. The van der Waals surface area contributed by atoms with Crippen molar-refractivity contribution in [1.29, 1.82) is 0 Å². The number of pyridine rings is 1. The number of aryl methyl sites for hydroxylation is 4. The first-order valence-corrected chi connectivity index (χ1v) is 10.2. The molecule has 0 bridgehead atoms. The van der Waals surface area contributed by atoms with Gasteiger partial charge >= 0.3 is 0 Å². The quantitative estimate of drug-likeness (QED) is 0.376. The van der Waals surface area contributed by atoms with Crippen LogP contribution >= 0.6 is 0 Å². The summed E-state index contributed by atoms with van der Waals surface area (Å²) in [4.78, 5) is 32.1. The molecule has 5 nitrogen and oxygen atoms in total. The zero-order valence-electron chi connectivity index (χ0n) is 18.0. The average molecular weight is 412 g/mol. The van der Waals surface area contributed by atoms with Crippen LogP contribution in [0.2, 0.25) is 0 Å². The van der Waals surface area contributed by atoms with Crippen molar-refractivity contribution in [3.8, 4) is 0 Å². The fourth-order valence-electron chi connectivity index (χ4n) is 4.15. The van der Waals surface area contributed by atoms with E-state index in [0.717, 1.165) is 22.3 Å². The van der Waals surface area contributed by atoms with Crippen LogP contribution in [0.15, 0.2) is 66.5 Å². The van der Waals surface area contributed by atoms with Gasteiger partial charge < -0.3 is 5.11 Å². The summed E-state index contributed by atoms with van der Waals surface area (Å²) in [6, 6.07) is 14.2. The number of rotatable bonds is 3. The first-order chi connectivity index (χ1) is 14.8. The monoisotopic (exact) mass is 412 g/mol. The van der Waals surface area contributed by atoms with E-state index in [4.69, 9.17) is 0 Å². The maximum absolute atomic E-state index is 13.2. The predicted molar refractivity (Wildman–Crippen MR) is 121 cm³/mol. The second-order valence-corrected chi connectivity index (χ2v) is 8.06. The van der Waals surface area contributed by atoms with Crippen LogP contribution in [0.25, 0.3) is 5.76 Å². The van der Waals surface area contributed by atoms with Crippen molar-refractivity contribution in [2.24, 2.45) is 0 Å². The number of carbonyl (C=O) groups excluding carboxylic acids is 2. The highest BCUT2D eigenvalue weighted by molar-refractivity contribution is 6.51. The molecule has 1 aliphatic rings. The van der Waals surface area contributed by atoms with Crippen molar-refractivity contribution in [2.45, 2.75) is 33.7 Å². The Morgan fingerprint density at radius 3 is 2.32 bits per heavy atom. The zero-order chi connectivity index (χ0) is 22.3. The number of aliphatic hydroxyl groups excluding tert-OH is 1. The van der Waals surface area contributed by atoms with Crippen LogP contribution in [0, 0.1) is 27.7 Å². The highest BCUT2D eigenvalue weighted by atomic mass is 16.3. The molecule has 3 aromatic rings. The molecule has 1 fully saturated rings. The molecule has 4 rings (SSSR count). The van der Waals surface area contributed by atoms with Crippen LogP contribution in [0.1, 0.15) is 39.4 Å². The Bertz CT molecular complexity index is 1230. The molecule has 1 aromatic heterocycles. The van der Waals surface area contributed by atoms with Gasteiger partial charge in [0.05, 0.1) is 11.6 Å². The maximum Gasteiger partial charge on any atom is 0.300 e. The van der Waals surface area contributed by atoms with Gasteiger partial charge in [-0.2, -0.15) is 0 Å². The van der Waals surface area contributed by atoms with Gasteiger partial charge in [-0.3, -0.25) is 19.5 Å². The molecule has 1 N–H and O–H groups in total. The van der Waals surface area contributed by atoms with E-state index in [0.29, 0.717) is 16.8 Å². The lowest BCUT2D eigenvalue weighted by atomic mass is 9.93. The molecule has 1 unspecified atom stereocenters. The van der Waals surface area contributed by atoms with Crippen molar-refractivity contribution in [2.75, 3.05) is 4.90 Å². The van der Waals surface area contributed by atoms with Crippen molar-refractivity contribution >= 4 is 23.1 Å². The molecule has 5 heteroatoms. The summed E-state index contributed by atoms with van der Waals surface area (Å²) >= 11 is 0. The second-order valence-electron chi connectivity index (χ2n) is 8.06. The molecule has 1 atom stereocenters. The Hall–Kier alpha value is -3.73. The van der Waals surface area contributed by atoms with Gasteiger partial charge in [-0.05, 0) is 62.6 Å². The Labute approximate surface area is 181 Å². The van der Waals surface area contributed by atoms with E-state index in [9.17, 15) is 14.7 Å². The van der Waals surface area contributed by atoms with Crippen LogP contribution in [0.3, 0.4) is 0 Å². The number of aliphatic hydroxyl groups is 1. The Balaban J connectivity index is 2.00. The number of nitrogens with zero attached hydrogens (tertiary/aromatic N) is 2. The van der Waals surface area contributed by atoms with Crippen LogP contribution in [0.4, 0.5) is 5.69 Å². The fraction of sp³-hybridized carbons (Fsp3) is 0.192. The fourth-order valence-corrected chi connectivity index (χ4v) is 4.15. The van der Waals surface area contributed by atoms with Crippen molar-refractivity contribution in [3.05, 3.63) is 99.9 Å². The van der Waals surface area contributed by atoms with E-state index in [2.05, 4.69) is 4.98 Å². The standard InChI is InChI=1S/C26H24N2O3/c1-15-8-10-21(18(4)12-15)28-23(19-6-5-11-27-14-19)22(25(30)26(28)31)24(29)20-13-16(2)7-9-17(20)3/h5-14,23,29H,1-4H3/b24-22+. The SMILES string of the molecule is Cc1ccc(N2C(=O)C(=O)/C(=C(/O)c3cc(C)ccc3C)C2c2cccnc2)c(C)c1. The molecule has 1 amide bonds. The Morgan fingerprint density at radius 1 is 0.935 bits per heavy atom. The third-order valence-electron chi connectivity index (χ3n) is 5.70. The van der Waals surface area contributed by atoms with E-state index in [1.54, 1.807) is 18.5 Å². The molecule has 0 radical (unpaired) electrons. The second kappa shape index (κ2) is 7.84. The summed E-state index contributed by atoms with van der Waals surface area (Å²) in [5.74, 6) is -1.53. The van der Waals surface area contributed by atoms with Gasteiger partial charge in [0.2, 0.25) is 0 Å². The molecular formula is C26H24N2O3. The minimum atomic E-state index is -0.769. The Kier molecular flexibility index (Phi) is 5.19. The van der Waals surface area contributed by atoms with Gasteiger partial charge in [0.15, 0.2) is 0 Å². The number of hydrogen-bond donors (Lipinski definition) is 1. The number of benzene rings is 2. The molecule has 2 heterocycles. The normalized spacial score (nSPS) is 17.9. The summed E-state index contributed by atoms with van der Waals surface area (Å²) in [5, 5.41) is 11.3. The molecule has 2 aromatic carbocycles. The number of hydrogen-bond acceptors (Lipinski definition) is 4. The minimum absolute atomic E-state index is 0.0756. The zero-order valence-corrected chi connectivity index (χ0v) is 18.0. The number of aromatic nitrogens is 1. The van der Waals surface area contributed by atoms with Crippen LogP contribution in [0.5, 0.6) is 0 Å². The van der Waals surface area contributed by atoms with Crippen LogP contribution in [-0.2, 0) is 9.59 Å². The van der Waals surface area contributed by atoms with Gasteiger partial charge in [-0.1, -0.05) is 41.5 Å². The van der Waals surface area contributed by atoms with Crippen molar-refractivity contribution < 1.29 is 14.7 Å². The minimum Gasteiger partial charge on any atom is -0.507 e. The first kappa shape index (κ1) is 20.5. The molecule has 0 saturated carbocycles. The third-order valence-corrected chi connectivity index (χ3v) is 5.70. The number of anilines is 1. The molecule has 1 saturated heterocycles. The smallest absolute Gasteiger partial charge is 0.300 e. The van der Waals surface area contributed by atoms with Crippen molar-refractivity contribution in [1.82, 2.24) is 4.98 Å². The van der Waals surface area contributed by atoms with Gasteiger partial charge in [0, 0.05) is 23.6 Å². The molecular weight excluding hydrogens is 388 g/mol. The summed E-state index contributed by atoms with van der Waals surface area (Å²) in [6.45, 7) is 7.67. The topological polar surface area (TPSA) is 70.5 Å². The molecule has 31 heavy (non-hydrogen) atoms. The molecule has 0 spiro atoms. The molecule has 1 aliphatic heterocycles. The van der Waals surface area contributed by atoms with Crippen LogP contribution < -0.4 is 4.90 Å². The average Bonchev–Trinajstić information content (AvgIpc) is 3.01. The lowest BCUT2D eigenvalue weighted by molar-refractivity contribution is -0.132. The third kappa shape index (κ3) is 3.52. The summed E-state index contributed by atoms with van der Waals surface area (Å²) in [7, 11) is 0. The number of ketones is 1. The summed E-state index contributed by atoms with van der Waals surface area (Å²) in [6.07, 6.45) is 3.26. The summed E-state index contributed by atoms with van der Waals surface area (Å²) < 4.78 is 0. The Morgan fingerprint density at radius 2 is 1.65 bits per heavy atom. The lowest BCUT2D eigenvalue weighted by Gasteiger charge is -2.26. The van der Waals surface area contributed by atoms with Gasteiger partial charge in [0.1, 0.15) is 5.76 Å². The van der Waals surface area contributed by atoms with E-state index < -0.39 is 17.7 Å². The van der Waals surface area contributed by atoms with E-state index in [1.807, 2.05) is 70.2 Å². The first-order valence-electron chi connectivity index (χ1n) is 10.2. The maximum atomic E-state index is 13.2. The largest absolute Gasteiger partial charge is 0.507 e.